The normalized spacial score (nSPS) is 20.5. The number of hydrogen-bond donors (Lipinski definition) is 1. The number of rotatable bonds is 5. The number of carbonyl (C=O) groups excluding carboxylic acids is 3. The Labute approximate surface area is 153 Å². The molecule has 2 aromatic rings. The molecule has 0 aliphatic heterocycles. The SMILES string of the molecule is COC(=O)C1(C(=O)OC)C[C@H](C=O)[C@H](C[N+](=O)[O-])c2c1[nH]c1ccccc21. The molecule has 3 rings (SSSR count). The number of hydrogen-bond acceptors (Lipinski definition) is 7. The highest BCUT2D eigenvalue weighted by Crippen LogP contribution is 2.49. The number of nitro groups is 1. The van der Waals surface area contributed by atoms with Crippen LogP contribution in [0.1, 0.15) is 23.6 Å². The average Bonchev–Trinajstić information content (AvgIpc) is 3.06. The third-order valence-electron chi connectivity index (χ3n) is 5.19. The first-order valence-electron chi connectivity index (χ1n) is 8.25. The summed E-state index contributed by atoms with van der Waals surface area (Å²) in [7, 11) is 2.27. The molecule has 142 valence electrons. The average molecular weight is 374 g/mol. The lowest BCUT2D eigenvalue weighted by atomic mass is 9.64. The fourth-order valence-electron chi connectivity index (χ4n) is 4.03. The number of fused-ring (bicyclic) bond motifs is 3. The van der Waals surface area contributed by atoms with Gasteiger partial charge in [0.2, 0.25) is 12.0 Å². The Morgan fingerprint density at radius 3 is 2.48 bits per heavy atom. The van der Waals surface area contributed by atoms with Gasteiger partial charge in [-0.1, -0.05) is 18.2 Å². The number of ether oxygens (including phenoxy) is 2. The number of benzene rings is 1. The summed E-state index contributed by atoms with van der Waals surface area (Å²) in [6, 6.07) is 6.94. The van der Waals surface area contributed by atoms with Gasteiger partial charge in [-0.3, -0.25) is 19.7 Å². The second-order valence-corrected chi connectivity index (χ2v) is 6.47. The van der Waals surface area contributed by atoms with Crippen molar-refractivity contribution in [1.82, 2.24) is 4.98 Å². The van der Waals surface area contributed by atoms with Gasteiger partial charge in [0.15, 0.2) is 0 Å². The zero-order valence-corrected chi connectivity index (χ0v) is 14.8. The van der Waals surface area contributed by atoms with Gasteiger partial charge >= 0.3 is 11.9 Å². The number of para-hydroxylation sites is 1. The number of nitrogens with one attached hydrogen (secondary N) is 1. The van der Waals surface area contributed by atoms with Crippen LogP contribution in [0.15, 0.2) is 24.3 Å². The summed E-state index contributed by atoms with van der Waals surface area (Å²) in [5, 5.41) is 11.8. The minimum atomic E-state index is -1.89. The summed E-state index contributed by atoms with van der Waals surface area (Å²) in [4.78, 5) is 51.0. The summed E-state index contributed by atoms with van der Waals surface area (Å²) >= 11 is 0. The van der Waals surface area contributed by atoms with Crippen molar-refractivity contribution in [3.05, 3.63) is 45.6 Å². The Balaban J connectivity index is 2.39. The molecule has 1 aliphatic carbocycles. The zero-order valence-electron chi connectivity index (χ0n) is 14.8. The van der Waals surface area contributed by atoms with E-state index in [4.69, 9.17) is 9.47 Å². The molecule has 0 bridgehead atoms. The molecule has 2 atom stereocenters. The zero-order chi connectivity index (χ0) is 19.8. The van der Waals surface area contributed by atoms with E-state index >= 15 is 0 Å². The minimum absolute atomic E-state index is 0.187. The number of aromatic nitrogens is 1. The Morgan fingerprint density at radius 1 is 1.30 bits per heavy atom. The van der Waals surface area contributed by atoms with Gasteiger partial charge in [-0.05, 0) is 18.1 Å². The van der Waals surface area contributed by atoms with Crippen LogP contribution in [0.2, 0.25) is 0 Å². The topological polar surface area (TPSA) is 129 Å². The molecule has 27 heavy (non-hydrogen) atoms. The summed E-state index contributed by atoms with van der Waals surface area (Å²) in [5.74, 6) is -3.48. The molecule has 9 nitrogen and oxygen atoms in total. The molecule has 9 heteroatoms. The molecule has 0 fully saturated rings. The monoisotopic (exact) mass is 374 g/mol. The summed E-state index contributed by atoms with van der Waals surface area (Å²) in [6.07, 6.45) is 0.285. The molecular formula is C18H18N2O7. The van der Waals surface area contributed by atoms with Gasteiger partial charge < -0.3 is 19.3 Å². The Hall–Kier alpha value is -3.23. The van der Waals surface area contributed by atoms with Gasteiger partial charge in [-0.2, -0.15) is 0 Å². The lowest BCUT2D eigenvalue weighted by Gasteiger charge is -2.37. The first-order valence-corrected chi connectivity index (χ1v) is 8.25. The maximum Gasteiger partial charge on any atom is 0.329 e. The highest BCUT2D eigenvalue weighted by molar-refractivity contribution is 6.08. The first kappa shape index (κ1) is 18.6. The van der Waals surface area contributed by atoms with Crippen LogP contribution in [0.4, 0.5) is 0 Å². The van der Waals surface area contributed by atoms with Crippen molar-refractivity contribution < 1.29 is 28.8 Å². The molecule has 1 heterocycles. The van der Waals surface area contributed by atoms with Crippen LogP contribution in [0, 0.1) is 16.0 Å². The number of methoxy groups -OCH3 is 2. The molecule has 0 saturated carbocycles. The number of H-pyrrole nitrogens is 1. The van der Waals surface area contributed by atoms with Gasteiger partial charge in [0.25, 0.3) is 0 Å². The maximum atomic E-state index is 12.7. The maximum absolute atomic E-state index is 12.7. The van der Waals surface area contributed by atoms with Gasteiger partial charge in [-0.25, -0.2) is 0 Å². The number of aldehydes is 1. The van der Waals surface area contributed by atoms with Crippen LogP contribution in [0.3, 0.4) is 0 Å². The van der Waals surface area contributed by atoms with E-state index in [0.29, 0.717) is 22.8 Å². The molecular weight excluding hydrogens is 356 g/mol. The smallest absolute Gasteiger partial charge is 0.329 e. The fourth-order valence-corrected chi connectivity index (χ4v) is 4.03. The highest BCUT2D eigenvalue weighted by Gasteiger charge is 2.59. The summed E-state index contributed by atoms with van der Waals surface area (Å²) in [6.45, 7) is -0.503. The number of nitrogens with zero attached hydrogens (tertiary/aromatic N) is 1. The number of esters is 2. The van der Waals surface area contributed by atoms with E-state index in [9.17, 15) is 24.5 Å². The molecule has 0 amide bonds. The summed E-state index contributed by atoms with van der Waals surface area (Å²) in [5.41, 5.74) is -0.704. The Kier molecular flexibility index (Phi) is 4.69. The lowest BCUT2D eigenvalue weighted by molar-refractivity contribution is -0.484. The second kappa shape index (κ2) is 6.82. The third-order valence-corrected chi connectivity index (χ3v) is 5.19. The standard InChI is InChI=1S/C18H18N2O7/c1-26-16(22)18(17(23)27-2)7-10(9-21)12(8-20(24)25)14-11-5-3-4-6-13(11)19-15(14)18/h3-6,9-10,12,19H,7-8H2,1-2H3/t10-,12+/m1/s1. The highest BCUT2D eigenvalue weighted by atomic mass is 16.6. The Morgan fingerprint density at radius 2 is 1.93 bits per heavy atom. The number of carbonyl (C=O) groups is 3. The predicted molar refractivity (Wildman–Crippen MR) is 92.8 cm³/mol. The Bertz CT molecular complexity index is 917. The molecule has 1 aromatic heterocycles. The predicted octanol–water partition coefficient (Wildman–Crippen LogP) is 1.33. The van der Waals surface area contributed by atoms with E-state index < -0.39 is 40.7 Å². The van der Waals surface area contributed by atoms with Crippen LogP contribution in [-0.4, -0.2) is 48.9 Å². The van der Waals surface area contributed by atoms with Crippen molar-refractivity contribution in [1.29, 1.82) is 0 Å². The van der Waals surface area contributed by atoms with E-state index in [1.807, 2.05) is 0 Å². The van der Waals surface area contributed by atoms with Crippen LogP contribution in [-0.2, 0) is 29.3 Å². The molecule has 1 aromatic carbocycles. The molecule has 1 aliphatic rings. The van der Waals surface area contributed by atoms with E-state index in [0.717, 1.165) is 14.2 Å². The van der Waals surface area contributed by atoms with Crippen molar-refractivity contribution in [3.8, 4) is 0 Å². The van der Waals surface area contributed by atoms with Crippen molar-refractivity contribution >= 4 is 29.1 Å². The van der Waals surface area contributed by atoms with Gasteiger partial charge in [0, 0.05) is 27.4 Å². The molecule has 0 unspecified atom stereocenters. The third kappa shape index (κ3) is 2.66. The largest absolute Gasteiger partial charge is 0.468 e. The van der Waals surface area contributed by atoms with Crippen molar-refractivity contribution in [2.75, 3.05) is 20.8 Å². The number of aromatic amines is 1. The first-order chi connectivity index (χ1) is 12.9. The van der Waals surface area contributed by atoms with Crippen molar-refractivity contribution in [2.45, 2.75) is 17.8 Å². The van der Waals surface area contributed by atoms with Crippen LogP contribution < -0.4 is 0 Å². The summed E-state index contributed by atoms with van der Waals surface area (Å²) < 4.78 is 9.74. The van der Waals surface area contributed by atoms with Crippen molar-refractivity contribution in [3.63, 3.8) is 0 Å². The van der Waals surface area contributed by atoms with Crippen LogP contribution in [0.5, 0.6) is 0 Å². The van der Waals surface area contributed by atoms with Gasteiger partial charge in [0.1, 0.15) is 6.29 Å². The fraction of sp³-hybridized carbons (Fsp3) is 0.389. The molecule has 0 spiro atoms. The van der Waals surface area contributed by atoms with E-state index in [1.165, 1.54) is 0 Å². The van der Waals surface area contributed by atoms with Crippen LogP contribution >= 0.6 is 0 Å². The quantitative estimate of drug-likeness (QED) is 0.275. The molecule has 0 saturated heterocycles. The van der Waals surface area contributed by atoms with Gasteiger partial charge in [-0.15, -0.1) is 0 Å². The molecule has 0 radical (unpaired) electrons. The van der Waals surface area contributed by atoms with Crippen molar-refractivity contribution in [2.24, 2.45) is 5.92 Å². The minimum Gasteiger partial charge on any atom is -0.468 e. The van der Waals surface area contributed by atoms with E-state index in [2.05, 4.69) is 4.98 Å². The van der Waals surface area contributed by atoms with E-state index in [1.54, 1.807) is 24.3 Å². The van der Waals surface area contributed by atoms with Crippen LogP contribution in [0.25, 0.3) is 10.9 Å². The second-order valence-electron chi connectivity index (χ2n) is 6.47. The molecule has 1 N–H and O–H groups in total. The van der Waals surface area contributed by atoms with E-state index in [-0.39, 0.29) is 12.1 Å². The van der Waals surface area contributed by atoms with Gasteiger partial charge in [0.05, 0.1) is 20.1 Å². The lowest BCUT2D eigenvalue weighted by Crippen LogP contribution is -2.51.